The molecule has 1 aliphatic rings. The van der Waals surface area contributed by atoms with Crippen molar-refractivity contribution in [1.82, 2.24) is 0 Å². The average molecular weight is 282 g/mol. The molecule has 106 valence electrons. The van der Waals surface area contributed by atoms with Crippen LogP contribution in [0.15, 0.2) is 18.2 Å². The van der Waals surface area contributed by atoms with Crippen LogP contribution in [0.5, 0.6) is 11.5 Å². The molecular weight excluding hydrogens is 260 g/mol. The van der Waals surface area contributed by atoms with Crippen molar-refractivity contribution in [3.63, 3.8) is 0 Å². The standard InChI is InChI=1S/C15H22O3S/c1-14(2)8-15(16,10-19-9-14)11-5-12(17-3)7-13(6-11)18-4/h5-7,16H,8-10H2,1-4H3. The minimum atomic E-state index is -0.811. The van der Waals surface area contributed by atoms with Gasteiger partial charge in [0.1, 0.15) is 11.5 Å². The van der Waals surface area contributed by atoms with Crippen LogP contribution in [-0.4, -0.2) is 30.8 Å². The van der Waals surface area contributed by atoms with Crippen molar-refractivity contribution >= 4 is 11.8 Å². The molecule has 0 bridgehead atoms. The number of hydrogen-bond acceptors (Lipinski definition) is 4. The zero-order valence-electron chi connectivity index (χ0n) is 12.0. The summed E-state index contributed by atoms with van der Waals surface area (Å²) in [6.07, 6.45) is 0.753. The van der Waals surface area contributed by atoms with E-state index >= 15 is 0 Å². The van der Waals surface area contributed by atoms with Crippen LogP contribution in [0.3, 0.4) is 0 Å². The zero-order chi connectivity index (χ0) is 14.1. The van der Waals surface area contributed by atoms with Crippen molar-refractivity contribution < 1.29 is 14.6 Å². The van der Waals surface area contributed by atoms with E-state index in [4.69, 9.17) is 9.47 Å². The third kappa shape index (κ3) is 3.18. The summed E-state index contributed by atoms with van der Waals surface area (Å²) < 4.78 is 10.6. The van der Waals surface area contributed by atoms with E-state index in [9.17, 15) is 5.11 Å². The van der Waals surface area contributed by atoms with Gasteiger partial charge in [-0.2, -0.15) is 11.8 Å². The molecule has 0 aromatic heterocycles. The lowest BCUT2D eigenvalue weighted by molar-refractivity contribution is 0.0153. The molecule has 2 rings (SSSR count). The fourth-order valence-electron chi connectivity index (χ4n) is 2.65. The van der Waals surface area contributed by atoms with Gasteiger partial charge in [-0.25, -0.2) is 0 Å². The maximum Gasteiger partial charge on any atom is 0.122 e. The molecule has 1 unspecified atom stereocenters. The highest BCUT2D eigenvalue weighted by Gasteiger charge is 2.40. The van der Waals surface area contributed by atoms with Crippen molar-refractivity contribution in [3.8, 4) is 11.5 Å². The number of rotatable bonds is 3. The van der Waals surface area contributed by atoms with Gasteiger partial charge in [0.15, 0.2) is 0 Å². The molecule has 1 aromatic rings. The Kier molecular flexibility index (Phi) is 4.02. The summed E-state index contributed by atoms with van der Waals surface area (Å²) >= 11 is 1.80. The van der Waals surface area contributed by atoms with Crippen LogP contribution in [0.25, 0.3) is 0 Å². The molecular formula is C15H22O3S. The molecule has 1 heterocycles. The summed E-state index contributed by atoms with van der Waals surface area (Å²) in [5.74, 6) is 3.23. The predicted octanol–water partition coefficient (Wildman–Crippen LogP) is 3.05. The highest BCUT2D eigenvalue weighted by Crippen LogP contribution is 2.45. The van der Waals surface area contributed by atoms with E-state index in [1.165, 1.54) is 0 Å². The monoisotopic (exact) mass is 282 g/mol. The molecule has 0 amide bonds. The summed E-state index contributed by atoms with van der Waals surface area (Å²) in [4.78, 5) is 0. The molecule has 3 nitrogen and oxygen atoms in total. The van der Waals surface area contributed by atoms with E-state index in [2.05, 4.69) is 13.8 Å². The molecule has 0 radical (unpaired) electrons. The normalized spacial score (nSPS) is 25.9. The van der Waals surface area contributed by atoms with Crippen LogP contribution in [0, 0.1) is 5.41 Å². The lowest BCUT2D eigenvalue weighted by atomic mass is 9.78. The lowest BCUT2D eigenvalue weighted by Gasteiger charge is -2.41. The maximum absolute atomic E-state index is 11.0. The maximum atomic E-state index is 11.0. The minimum absolute atomic E-state index is 0.133. The molecule has 1 aromatic carbocycles. The number of methoxy groups -OCH3 is 2. The second-order valence-corrected chi connectivity index (χ2v) is 6.95. The summed E-state index contributed by atoms with van der Waals surface area (Å²) in [7, 11) is 3.25. The molecule has 1 N–H and O–H groups in total. The fraction of sp³-hybridized carbons (Fsp3) is 0.600. The number of ether oxygens (including phenoxy) is 2. The van der Waals surface area contributed by atoms with Gasteiger partial charge in [0, 0.05) is 11.8 Å². The second-order valence-electron chi connectivity index (χ2n) is 5.97. The van der Waals surface area contributed by atoms with Gasteiger partial charge in [-0.05, 0) is 35.3 Å². The minimum Gasteiger partial charge on any atom is -0.497 e. The van der Waals surface area contributed by atoms with Crippen LogP contribution in [0.1, 0.15) is 25.8 Å². The van der Waals surface area contributed by atoms with Gasteiger partial charge >= 0.3 is 0 Å². The predicted molar refractivity (Wildman–Crippen MR) is 79.2 cm³/mol. The first-order chi connectivity index (χ1) is 8.88. The highest BCUT2D eigenvalue weighted by atomic mass is 32.2. The summed E-state index contributed by atoms with van der Waals surface area (Å²) in [5, 5.41) is 11.0. The smallest absolute Gasteiger partial charge is 0.122 e. The number of thioether (sulfide) groups is 1. The first kappa shape index (κ1) is 14.5. The van der Waals surface area contributed by atoms with Crippen LogP contribution in [0.2, 0.25) is 0 Å². The van der Waals surface area contributed by atoms with Crippen LogP contribution < -0.4 is 9.47 Å². The first-order valence-electron chi connectivity index (χ1n) is 6.42. The molecule has 4 heteroatoms. The van der Waals surface area contributed by atoms with Crippen molar-refractivity contribution in [3.05, 3.63) is 23.8 Å². The Morgan fingerprint density at radius 2 is 1.63 bits per heavy atom. The molecule has 0 aliphatic carbocycles. The van der Waals surface area contributed by atoms with Gasteiger partial charge in [0.25, 0.3) is 0 Å². The van der Waals surface area contributed by atoms with Gasteiger partial charge in [-0.1, -0.05) is 13.8 Å². The fourth-order valence-corrected chi connectivity index (χ4v) is 4.01. The van der Waals surface area contributed by atoms with Crippen molar-refractivity contribution in [2.45, 2.75) is 25.9 Å². The molecule has 1 atom stereocenters. The molecule has 19 heavy (non-hydrogen) atoms. The quantitative estimate of drug-likeness (QED) is 0.925. The second kappa shape index (κ2) is 5.25. The summed E-state index contributed by atoms with van der Waals surface area (Å²) in [6, 6.07) is 5.64. The van der Waals surface area contributed by atoms with E-state index in [0.717, 1.165) is 29.2 Å². The van der Waals surface area contributed by atoms with Crippen LogP contribution in [0.4, 0.5) is 0 Å². The van der Waals surface area contributed by atoms with Gasteiger partial charge in [-0.3, -0.25) is 0 Å². The van der Waals surface area contributed by atoms with E-state index in [0.29, 0.717) is 5.75 Å². The van der Waals surface area contributed by atoms with Gasteiger partial charge in [0.05, 0.1) is 19.8 Å². The van der Waals surface area contributed by atoms with Gasteiger partial charge < -0.3 is 14.6 Å². The highest BCUT2D eigenvalue weighted by molar-refractivity contribution is 7.99. The third-order valence-corrected chi connectivity index (χ3v) is 5.16. The average Bonchev–Trinajstić information content (AvgIpc) is 2.36. The van der Waals surface area contributed by atoms with Gasteiger partial charge in [0.2, 0.25) is 0 Å². The van der Waals surface area contributed by atoms with E-state index in [1.807, 2.05) is 18.2 Å². The molecule has 1 saturated heterocycles. The lowest BCUT2D eigenvalue weighted by Crippen LogP contribution is -2.40. The Hall–Kier alpha value is -0.870. The Morgan fingerprint density at radius 3 is 2.11 bits per heavy atom. The summed E-state index contributed by atoms with van der Waals surface area (Å²) in [5.41, 5.74) is 0.200. The van der Waals surface area contributed by atoms with Crippen molar-refractivity contribution in [2.24, 2.45) is 5.41 Å². The Labute approximate surface area is 119 Å². The number of benzene rings is 1. The topological polar surface area (TPSA) is 38.7 Å². The Bertz CT molecular complexity index is 436. The van der Waals surface area contributed by atoms with E-state index < -0.39 is 5.60 Å². The summed E-state index contributed by atoms with van der Waals surface area (Å²) in [6.45, 7) is 4.39. The molecule has 1 aliphatic heterocycles. The van der Waals surface area contributed by atoms with E-state index in [1.54, 1.807) is 26.0 Å². The van der Waals surface area contributed by atoms with Crippen molar-refractivity contribution in [1.29, 1.82) is 0 Å². The van der Waals surface area contributed by atoms with Gasteiger partial charge in [-0.15, -0.1) is 0 Å². The first-order valence-corrected chi connectivity index (χ1v) is 7.58. The van der Waals surface area contributed by atoms with E-state index in [-0.39, 0.29) is 5.41 Å². The van der Waals surface area contributed by atoms with Crippen LogP contribution >= 0.6 is 11.8 Å². The molecule has 0 spiro atoms. The van der Waals surface area contributed by atoms with Crippen LogP contribution in [-0.2, 0) is 5.60 Å². The molecule has 0 saturated carbocycles. The Balaban J connectivity index is 2.39. The molecule has 1 fully saturated rings. The Morgan fingerprint density at radius 1 is 1.05 bits per heavy atom. The third-order valence-electron chi connectivity index (χ3n) is 3.49. The zero-order valence-corrected chi connectivity index (χ0v) is 12.8. The van der Waals surface area contributed by atoms with Crippen molar-refractivity contribution in [2.75, 3.05) is 25.7 Å². The SMILES string of the molecule is COc1cc(OC)cc(C2(O)CSCC(C)(C)C2)c1. The number of aliphatic hydroxyl groups is 1. The number of hydrogen-bond donors (Lipinski definition) is 1. The largest absolute Gasteiger partial charge is 0.497 e.